The molecular weight excluding hydrogens is 338 g/mol. The maximum absolute atomic E-state index is 12.9. The summed E-state index contributed by atoms with van der Waals surface area (Å²) in [6.07, 6.45) is 0. The fourth-order valence-corrected chi connectivity index (χ4v) is 1.70. The van der Waals surface area contributed by atoms with Gasteiger partial charge in [0, 0.05) is 10.7 Å². The maximum Gasteiger partial charge on any atom is 0.210 e. The Kier molecular flexibility index (Phi) is 6.16. The van der Waals surface area contributed by atoms with Gasteiger partial charge in [-0.3, -0.25) is 5.43 Å². The van der Waals surface area contributed by atoms with Crippen LogP contribution in [0.1, 0.15) is 0 Å². The van der Waals surface area contributed by atoms with Crippen molar-refractivity contribution < 1.29 is 9.13 Å². The Labute approximate surface area is 113 Å². The van der Waals surface area contributed by atoms with Gasteiger partial charge in [0.05, 0.1) is 18.8 Å². The fraction of sp³-hybridized carbons (Fsp3) is 0.300. The number of anilines is 1. The molecule has 1 rings (SSSR count). The molecule has 0 spiro atoms. The molecule has 0 radical (unpaired) electrons. The lowest BCUT2D eigenvalue weighted by Gasteiger charge is -2.10. The number of rotatable bonds is 4. The van der Waals surface area contributed by atoms with Crippen LogP contribution in [0.5, 0.6) is 0 Å². The summed E-state index contributed by atoms with van der Waals surface area (Å²) < 4.78 is 18.5. The van der Waals surface area contributed by atoms with E-state index in [0.29, 0.717) is 19.1 Å². The van der Waals surface area contributed by atoms with E-state index in [-0.39, 0.29) is 5.82 Å². The number of nitrogens with zero attached hydrogens (tertiary/aromatic N) is 1. The van der Waals surface area contributed by atoms with Gasteiger partial charge in [0.1, 0.15) is 5.82 Å². The van der Waals surface area contributed by atoms with Crippen molar-refractivity contribution in [3.8, 4) is 0 Å². The van der Waals surface area contributed by atoms with Crippen LogP contribution in [0, 0.1) is 9.39 Å². The summed E-state index contributed by atoms with van der Waals surface area (Å²) in [6, 6.07) is 4.42. The van der Waals surface area contributed by atoms with Crippen molar-refractivity contribution in [3.63, 3.8) is 0 Å². The zero-order valence-corrected chi connectivity index (χ0v) is 11.5. The number of halogens is 2. The molecule has 0 aromatic heterocycles. The molecule has 7 heteroatoms. The Morgan fingerprint density at radius 1 is 1.59 bits per heavy atom. The fourth-order valence-electron chi connectivity index (χ4n) is 1.09. The van der Waals surface area contributed by atoms with Gasteiger partial charge < -0.3 is 10.1 Å². The number of hydrogen-bond acceptors (Lipinski definition) is 3. The Bertz CT molecular complexity index is 400. The van der Waals surface area contributed by atoms with Crippen LogP contribution < -0.4 is 16.6 Å². The molecule has 0 bridgehead atoms. The average molecular weight is 352 g/mol. The summed E-state index contributed by atoms with van der Waals surface area (Å²) in [5.41, 5.74) is 3.17. The first-order valence-corrected chi connectivity index (χ1v) is 5.97. The Morgan fingerprint density at radius 2 is 2.35 bits per heavy atom. The lowest BCUT2D eigenvalue weighted by atomic mass is 10.3. The second-order valence-electron chi connectivity index (χ2n) is 3.12. The van der Waals surface area contributed by atoms with Crippen LogP contribution in [0.3, 0.4) is 0 Å². The van der Waals surface area contributed by atoms with Gasteiger partial charge in [-0.05, 0) is 40.8 Å². The van der Waals surface area contributed by atoms with Gasteiger partial charge in [0.15, 0.2) is 0 Å². The minimum atomic E-state index is -0.279. The normalized spacial score (nSPS) is 11.4. The summed E-state index contributed by atoms with van der Waals surface area (Å²) in [4.78, 5) is 4.14. The van der Waals surface area contributed by atoms with Gasteiger partial charge in [-0.25, -0.2) is 15.2 Å². The number of hydrogen-bond donors (Lipinski definition) is 3. The van der Waals surface area contributed by atoms with E-state index >= 15 is 0 Å². The summed E-state index contributed by atoms with van der Waals surface area (Å²) >= 11 is 2.03. The van der Waals surface area contributed by atoms with Crippen molar-refractivity contribution >= 4 is 34.2 Å². The highest BCUT2D eigenvalue weighted by Crippen LogP contribution is 2.18. The average Bonchev–Trinajstić information content (AvgIpc) is 2.31. The van der Waals surface area contributed by atoms with E-state index < -0.39 is 0 Å². The van der Waals surface area contributed by atoms with Crippen LogP contribution in [0.15, 0.2) is 23.2 Å². The van der Waals surface area contributed by atoms with Crippen LogP contribution in [0.4, 0.5) is 10.1 Å². The van der Waals surface area contributed by atoms with Gasteiger partial charge in [0.2, 0.25) is 5.96 Å². The molecule has 0 atom stereocenters. The van der Waals surface area contributed by atoms with E-state index in [9.17, 15) is 4.39 Å². The lowest BCUT2D eigenvalue weighted by Crippen LogP contribution is -2.36. The summed E-state index contributed by atoms with van der Waals surface area (Å²) in [7, 11) is 1.60. The van der Waals surface area contributed by atoms with Crippen LogP contribution >= 0.6 is 22.6 Å². The van der Waals surface area contributed by atoms with Crippen molar-refractivity contribution in [1.29, 1.82) is 0 Å². The first-order valence-electron chi connectivity index (χ1n) is 4.89. The lowest BCUT2D eigenvalue weighted by molar-refractivity contribution is 0.208. The molecule has 1 aromatic carbocycles. The zero-order chi connectivity index (χ0) is 12.7. The van der Waals surface area contributed by atoms with Crippen molar-refractivity contribution in [2.75, 3.05) is 25.6 Å². The van der Waals surface area contributed by atoms with Gasteiger partial charge in [-0.15, -0.1) is 0 Å². The van der Waals surface area contributed by atoms with Crippen molar-refractivity contribution in [2.45, 2.75) is 0 Å². The minimum absolute atomic E-state index is 0.279. The van der Waals surface area contributed by atoms with Crippen LogP contribution in [-0.2, 0) is 4.74 Å². The largest absolute Gasteiger partial charge is 0.383 e. The van der Waals surface area contributed by atoms with Crippen LogP contribution in [0.25, 0.3) is 0 Å². The number of hydrazine groups is 1. The third-order valence-corrected chi connectivity index (χ3v) is 2.78. The van der Waals surface area contributed by atoms with Crippen molar-refractivity contribution in [2.24, 2.45) is 10.8 Å². The standard InChI is InChI=1S/C10H14FIN4O/c1-17-5-4-14-10(16-13)15-9-3-2-7(11)6-8(9)12/h2-3,6H,4-5,13H2,1H3,(H2,14,15,16). The predicted molar refractivity (Wildman–Crippen MR) is 74.2 cm³/mol. The highest BCUT2D eigenvalue weighted by Gasteiger charge is 2.03. The molecule has 1 aromatic rings. The topological polar surface area (TPSA) is 71.7 Å². The smallest absolute Gasteiger partial charge is 0.210 e. The van der Waals surface area contributed by atoms with Gasteiger partial charge in [-0.2, -0.15) is 0 Å². The number of benzene rings is 1. The molecule has 0 saturated carbocycles. The van der Waals surface area contributed by atoms with Gasteiger partial charge >= 0.3 is 0 Å². The van der Waals surface area contributed by atoms with E-state index in [1.807, 2.05) is 22.6 Å². The molecule has 0 heterocycles. The van der Waals surface area contributed by atoms with Crippen molar-refractivity contribution in [3.05, 3.63) is 27.6 Å². The van der Waals surface area contributed by atoms with E-state index in [1.54, 1.807) is 13.2 Å². The molecule has 0 saturated heterocycles. The minimum Gasteiger partial charge on any atom is -0.383 e. The molecule has 17 heavy (non-hydrogen) atoms. The molecule has 94 valence electrons. The van der Waals surface area contributed by atoms with Gasteiger partial charge in [0.25, 0.3) is 0 Å². The molecule has 5 nitrogen and oxygen atoms in total. The quantitative estimate of drug-likeness (QED) is 0.191. The molecular formula is C10H14FIN4O. The van der Waals surface area contributed by atoms with Gasteiger partial charge in [-0.1, -0.05) is 0 Å². The highest BCUT2D eigenvalue weighted by molar-refractivity contribution is 14.1. The number of ether oxygens (including phenoxy) is 1. The van der Waals surface area contributed by atoms with E-state index in [1.165, 1.54) is 12.1 Å². The number of nitrogens with two attached hydrogens (primary N) is 1. The molecule has 0 fully saturated rings. The maximum atomic E-state index is 12.9. The molecule has 4 N–H and O–H groups in total. The third-order valence-electron chi connectivity index (χ3n) is 1.89. The van der Waals surface area contributed by atoms with Crippen molar-refractivity contribution in [1.82, 2.24) is 5.43 Å². The highest BCUT2D eigenvalue weighted by atomic mass is 127. The number of nitrogens with one attached hydrogen (secondary N) is 2. The Morgan fingerprint density at radius 3 is 2.94 bits per heavy atom. The Hall–Kier alpha value is -0.930. The predicted octanol–water partition coefficient (Wildman–Crippen LogP) is 1.31. The van der Waals surface area contributed by atoms with Crippen LogP contribution in [-0.4, -0.2) is 26.2 Å². The molecule has 0 amide bonds. The molecule has 0 aliphatic carbocycles. The van der Waals surface area contributed by atoms with E-state index in [4.69, 9.17) is 10.6 Å². The number of aliphatic imine (C=N–C) groups is 1. The summed E-state index contributed by atoms with van der Waals surface area (Å²) in [5, 5.41) is 2.97. The monoisotopic (exact) mass is 352 g/mol. The molecule has 0 aliphatic heterocycles. The number of guanidine groups is 1. The molecule has 0 unspecified atom stereocenters. The third kappa shape index (κ3) is 4.84. The summed E-state index contributed by atoms with van der Waals surface area (Å²) in [5.74, 6) is 5.45. The zero-order valence-electron chi connectivity index (χ0n) is 9.34. The van der Waals surface area contributed by atoms with E-state index in [2.05, 4.69) is 15.7 Å². The Balaban J connectivity index is 2.70. The summed E-state index contributed by atoms with van der Waals surface area (Å²) in [6.45, 7) is 0.994. The first-order chi connectivity index (χ1) is 8.17. The molecule has 0 aliphatic rings. The second-order valence-corrected chi connectivity index (χ2v) is 4.28. The number of methoxy groups -OCH3 is 1. The first kappa shape index (κ1) is 14.1. The SMILES string of the molecule is COCCN=C(NN)Nc1ccc(F)cc1I. The van der Waals surface area contributed by atoms with E-state index in [0.717, 1.165) is 9.26 Å². The second kappa shape index (κ2) is 7.41. The van der Waals surface area contributed by atoms with Crippen LogP contribution in [0.2, 0.25) is 0 Å².